The summed E-state index contributed by atoms with van der Waals surface area (Å²) >= 11 is 5.90. The molecule has 31 heavy (non-hydrogen) atoms. The molecular weight excluding hydrogens is 421 g/mol. The molecule has 1 aromatic heterocycles. The lowest BCUT2D eigenvalue weighted by molar-refractivity contribution is 0.102. The SMILES string of the molecule is Cc1nnnn1-c1ccc(F)c(NC(=O)c2ccccc2OCc2ccc(Cl)cc2)c1. The quantitative estimate of drug-likeness (QED) is 0.477. The van der Waals surface area contributed by atoms with E-state index in [1.165, 1.54) is 22.9 Å². The molecule has 4 rings (SSSR count). The van der Waals surface area contributed by atoms with Crippen LogP contribution in [0, 0.1) is 12.7 Å². The molecule has 0 fully saturated rings. The van der Waals surface area contributed by atoms with Gasteiger partial charge in [0, 0.05) is 5.02 Å². The molecule has 9 heteroatoms. The largest absolute Gasteiger partial charge is 0.488 e. The first-order valence-corrected chi connectivity index (χ1v) is 9.71. The summed E-state index contributed by atoms with van der Waals surface area (Å²) in [5.41, 5.74) is 1.70. The number of carbonyl (C=O) groups excluding carboxylic acids is 1. The van der Waals surface area contributed by atoms with Crippen LogP contribution in [0.3, 0.4) is 0 Å². The van der Waals surface area contributed by atoms with Gasteiger partial charge in [0.1, 0.15) is 18.2 Å². The van der Waals surface area contributed by atoms with E-state index in [0.29, 0.717) is 22.3 Å². The molecule has 0 atom stereocenters. The molecule has 1 heterocycles. The molecular formula is C22H17ClFN5O2. The standard InChI is InChI=1S/C22H17ClFN5O2/c1-14-26-27-28-29(14)17-10-11-19(24)20(12-17)25-22(30)18-4-2-3-5-21(18)31-13-15-6-8-16(23)9-7-15/h2-12H,13H2,1H3,(H,25,30). The Kier molecular flexibility index (Phi) is 5.90. The number of benzene rings is 3. The van der Waals surface area contributed by atoms with Gasteiger partial charge in [-0.2, -0.15) is 4.68 Å². The van der Waals surface area contributed by atoms with E-state index in [1.54, 1.807) is 43.3 Å². The van der Waals surface area contributed by atoms with Crippen molar-refractivity contribution in [2.45, 2.75) is 13.5 Å². The minimum Gasteiger partial charge on any atom is -0.488 e. The lowest BCUT2D eigenvalue weighted by atomic mass is 10.1. The molecule has 0 unspecified atom stereocenters. The predicted octanol–water partition coefficient (Wildman–Crippen LogP) is 4.59. The van der Waals surface area contributed by atoms with E-state index < -0.39 is 11.7 Å². The minimum absolute atomic E-state index is 0.00454. The number of carbonyl (C=O) groups is 1. The van der Waals surface area contributed by atoms with Crippen molar-refractivity contribution in [2.75, 3.05) is 5.32 Å². The zero-order chi connectivity index (χ0) is 21.8. The Morgan fingerprint density at radius 3 is 2.65 bits per heavy atom. The minimum atomic E-state index is -0.581. The third-order valence-corrected chi connectivity index (χ3v) is 4.76. The van der Waals surface area contributed by atoms with E-state index in [9.17, 15) is 9.18 Å². The van der Waals surface area contributed by atoms with Gasteiger partial charge in [-0.25, -0.2) is 4.39 Å². The molecule has 3 aromatic carbocycles. The van der Waals surface area contributed by atoms with Crippen LogP contribution < -0.4 is 10.1 Å². The van der Waals surface area contributed by atoms with Crippen LogP contribution in [0.1, 0.15) is 21.7 Å². The fourth-order valence-electron chi connectivity index (χ4n) is 2.92. The summed E-state index contributed by atoms with van der Waals surface area (Å²) in [6.45, 7) is 1.97. The Morgan fingerprint density at radius 1 is 1.13 bits per heavy atom. The molecule has 0 aliphatic heterocycles. The predicted molar refractivity (Wildman–Crippen MR) is 114 cm³/mol. The van der Waals surface area contributed by atoms with E-state index in [-0.39, 0.29) is 17.9 Å². The van der Waals surface area contributed by atoms with E-state index in [2.05, 4.69) is 20.8 Å². The van der Waals surface area contributed by atoms with Crippen molar-refractivity contribution in [3.63, 3.8) is 0 Å². The summed E-state index contributed by atoms with van der Waals surface area (Å²) in [6.07, 6.45) is 0. The van der Waals surface area contributed by atoms with Crippen LogP contribution in [0.5, 0.6) is 5.75 Å². The zero-order valence-electron chi connectivity index (χ0n) is 16.4. The van der Waals surface area contributed by atoms with E-state index in [1.807, 2.05) is 12.1 Å². The highest BCUT2D eigenvalue weighted by Crippen LogP contribution is 2.24. The topological polar surface area (TPSA) is 81.9 Å². The summed E-state index contributed by atoms with van der Waals surface area (Å²) in [4.78, 5) is 12.9. The van der Waals surface area contributed by atoms with Gasteiger partial charge in [0.25, 0.3) is 5.91 Å². The van der Waals surface area contributed by atoms with Crippen LogP contribution in [0.25, 0.3) is 5.69 Å². The molecule has 1 amide bonds. The molecule has 0 aliphatic rings. The average Bonchev–Trinajstić information content (AvgIpc) is 3.21. The number of nitrogens with zero attached hydrogens (tertiary/aromatic N) is 4. The van der Waals surface area contributed by atoms with Crippen LogP contribution in [-0.2, 0) is 6.61 Å². The smallest absolute Gasteiger partial charge is 0.259 e. The lowest BCUT2D eigenvalue weighted by Crippen LogP contribution is -2.15. The number of para-hydroxylation sites is 1. The Labute approximate surface area is 182 Å². The fourth-order valence-corrected chi connectivity index (χ4v) is 3.05. The molecule has 0 saturated heterocycles. The monoisotopic (exact) mass is 437 g/mol. The van der Waals surface area contributed by atoms with E-state index >= 15 is 0 Å². The van der Waals surface area contributed by atoms with Crippen LogP contribution in [0.15, 0.2) is 66.7 Å². The number of nitrogens with one attached hydrogen (secondary N) is 1. The second-order valence-electron chi connectivity index (χ2n) is 6.67. The Bertz CT molecular complexity index is 1230. The van der Waals surface area contributed by atoms with Crippen LogP contribution >= 0.6 is 11.6 Å². The zero-order valence-corrected chi connectivity index (χ0v) is 17.2. The molecule has 0 radical (unpaired) electrons. The molecule has 0 bridgehead atoms. The molecule has 0 saturated carbocycles. The maximum atomic E-state index is 14.4. The molecule has 4 aromatic rings. The molecule has 156 valence electrons. The normalized spacial score (nSPS) is 10.7. The van der Waals surface area contributed by atoms with Gasteiger partial charge in [-0.15, -0.1) is 5.10 Å². The van der Waals surface area contributed by atoms with Gasteiger partial charge in [-0.05, 0) is 65.4 Å². The first-order chi connectivity index (χ1) is 15.0. The van der Waals surface area contributed by atoms with Crippen LogP contribution in [-0.4, -0.2) is 26.1 Å². The third-order valence-electron chi connectivity index (χ3n) is 4.51. The summed E-state index contributed by atoms with van der Waals surface area (Å²) in [6, 6.07) is 18.2. The average molecular weight is 438 g/mol. The summed E-state index contributed by atoms with van der Waals surface area (Å²) in [5.74, 6) is -0.175. The fraction of sp³-hybridized carbons (Fsp3) is 0.0909. The van der Waals surface area contributed by atoms with E-state index in [4.69, 9.17) is 16.3 Å². The first kappa shape index (κ1) is 20.5. The number of amides is 1. The van der Waals surface area contributed by atoms with Gasteiger partial charge in [-0.3, -0.25) is 4.79 Å². The maximum Gasteiger partial charge on any atom is 0.259 e. The van der Waals surface area contributed by atoms with Crippen molar-refractivity contribution >= 4 is 23.2 Å². The number of tetrazole rings is 1. The van der Waals surface area contributed by atoms with Crippen molar-refractivity contribution in [1.82, 2.24) is 20.2 Å². The number of ether oxygens (including phenoxy) is 1. The van der Waals surface area contributed by atoms with Crippen LogP contribution in [0.4, 0.5) is 10.1 Å². The van der Waals surface area contributed by atoms with Gasteiger partial charge in [0.05, 0.1) is 16.9 Å². The van der Waals surface area contributed by atoms with Gasteiger partial charge in [0.15, 0.2) is 5.82 Å². The maximum absolute atomic E-state index is 14.4. The summed E-state index contributed by atoms with van der Waals surface area (Å²) < 4.78 is 21.6. The van der Waals surface area contributed by atoms with Crippen molar-refractivity contribution in [1.29, 1.82) is 0 Å². The van der Waals surface area contributed by atoms with E-state index in [0.717, 1.165) is 5.56 Å². The van der Waals surface area contributed by atoms with Crippen molar-refractivity contribution in [3.05, 3.63) is 94.5 Å². The molecule has 0 spiro atoms. The second kappa shape index (κ2) is 8.93. The summed E-state index contributed by atoms with van der Waals surface area (Å²) in [7, 11) is 0. The van der Waals surface area contributed by atoms with Gasteiger partial charge in [0.2, 0.25) is 0 Å². The Hall–Kier alpha value is -3.78. The number of aromatic nitrogens is 4. The number of anilines is 1. The third kappa shape index (κ3) is 4.70. The molecule has 7 nitrogen and oxygen atoms in total. The highest BCUT2D eigenvalue weighted by molar-refractivity contribution is 6.30. The first-order valence-electron chi connectivity index (χ1n) is 9.34. The molecule has 1 N–H and O–H groups in total. The highest BCUT2D eigenvalue weighted by Gasteiger charge is 2.16. The van der Waals surface area contributed by atoms with Gasteiger partial charge in [-0.1, -0.05) is 35.9 Å². The number of rotatable bonds is 6. The second-order valence-corrected chi connectivity index (χ2v) is 7.10. The number of aryl methyl sites for hydroxylation is 1. The van der Waals surface area contributed by atoms with Crippen LogP contribution in [0.2, 0.25) is 5.02 Å². The van der Waals surface area contributed by atoms with Crippen molar-refractivity contribution in [2.24, 2.45) is 0 Å². The Balaban J connectivity index is 1.54. The van der Waals surface area contributed by atoms with Gasteiger partial charge < -0.3 is 10.1 Å². The number of hydrogen-bond acceptors (Lipinski definition) is 5. The molecule has 0 aliphatic carbocycles. The summed E-state index contributed by atoms with van der Waals surface area (Å²) in [5, 5.41) is 14.5. The lowest BCUT2D eigenvalue weighted by Gasteiger charge is -2.13. The highest BCUT2D eigenvalue weighted by atomic mass is 35.5. The Morgan fingerprint density at radius 2 is 1.90 bits per heavy atom. The van der Waals surface area contributed by atoms with Gasteiger partial charge >= 0.3 is 0 Å². The number of hydrogen-bond donors (Lipinski definition) is 1. The number of halogens is 2. The van der Waals surface area contributed by atoms with Crippen molar-refractivity contribution < 1.29 is 13.9 Å². The van der Waals surface area contributed by atoms with Crippen molar-refractivity contribution in [3.8, 4) is 11.4 Å².